The van der Waals surface area contributed by atoms with Gasteiger partial charge in [0.2, 0.25) is 0 Å². The van der Waals surface area contributed by atoms with Gasteiger partial charge in [0.1, 0.15) is 4.21 Å². The molecule has 0 aliphatic heterocycles. The van der Waals surface area contributed by atoms with Gasteiger partial charge in [-0.2, -0.15) is 0 Å². The second kappa shape index (κ2) is 5.86. The summed E-state index contributed by atoms with van der Waals surface area (Å²) < 4.78 is 26.8. The van der Waals surface area contributed by atoms with E-state index in [-0.39, 0.29) is 0 Å². The largest absolute Gasteiger partial charge is 0.279 e. The average Bonchev–Trinajstić information content (AvgIpc) is 2.86. The summed E-state index contributed by atoms with van der Waals surface area (Å²) in [6.45, 7) is 0. The summed E-state index contributed by atoms with van der Waals surface area (Å²) in [6.07, 6.45) is 0.929. The van der Waals surface area contributed by atoms with Crippen LogP contribution in [0.1, 0.15) is 5.56 Å². The molecule has 3 nitrogen and oxygen atoms in total. The maximum Gasteiger partial charge on any atom is 0.271 e. The number of nitrogens with one attached hydrogen (secondary N) is 1. The molecule has 1 aromatic carbocycles. The molecule has 0 saturated heterocycles. The lowest BCUT2D eigenvalue weighted by molar-refractivity contribution is 0.603. The predicted octanol–water partition coefficient (Wildman–Crippen LogP) is 3.49. The van der Waals surface area contributed by atoms with E-state index in [1.807, 2.05) is 12.1 Å². The fraction of sp³-hybridized carbons (Fsp3) is 0.167. The van der Waals surface area contributed by atoms with Crippen molar-refractivity contribution < 1.29 is 8.42 Å². The van der Waals surface area contributed by atoms with Crippen LogP contribution in [0.4, 0.5) is 5.69 Å². The second-order valence-electron chi connectivity index (χ2n) is 3.67. The Kier molecular flexibility index (Phi) is 4.42. The molecule has 2 aromatic rings. The molecule has 6 heteroatoms. The molecule has 0 unspecified atom stereocenters. The van der Waals surface area contributed by atoms with Crippen molar-refractivity contribution in [2.75, 3.05) is 10.1 Å². The molecule has 0 saturated carbocycles. The van der Waals surface area contributed by atoms with Gasteiger partial charge >= 0.3 is 0 Å². The van der Waals surface area contributed by atoms with Crippen molar-refractivity contribution in [3.63, 3.8) is 0 Å². The van der Waals surface area contributed by atoms with E-state index in [0.29, 0.717) is 9.90 Å². The molecule has 2 rings (SSSR count). The molecular weight excluding hydrogens is 334 g/mol. The van der Waals surface area contributed by atoms with Crippen molar-refractivity contribution in [3.8, 4) is 0 Å². The third kappa shape index (κ3) is 3.34. The lowest BCUT2D eigenvalue weighted by Crippen LogP contribution is -2.11. The van der Waals surface area contributed by atoms with Gasteiger partial charge in [-0.3, -0.25) is 4.72 Å². The molecule has 1 aromatic heterocycles. The highest BCUT2D eigenvalue weighted by atomic mass is 79.9. The molecule has 96 valence electrons. The fourth-order valence-corrected chi connectivity index (χ4v) is 3.98. The van der Waals surface area contributed by atoms with Gasteiger partial charge in [-0.1, -0.05) is 34.1 Å². The van der Waals surface area contributed by atoms with E-state index in [1.54, 1.807) is 29.6 Å². The summed E-state index contributed by atoms with van der Waals surface area (Å²) in [6, 6.07) is 10.7. The zero-order valence-corrected chi connectivity index (χ0v) is 12.7. The van der Waals surface area contributed by atoms with Crippen molar-refractivity contribution in [1.82, 2.24) is 0 Å². The van der Waals surface area contributed by atoms with Crippen LogP contribution in [0.5, 0.6) is 0 Å². The van der Waals surface area contributed by atoms with Gasteiger partial charge in [-0.15, -0.1) is 11.3 Å². The van der Waals surface area contributed by atoms with Gasteiger partial charge in [0, 0.05) is 11.0 Å². The van der Waals surface area contributed by atoms with E-state index in [9.17, 15) is 8.42 Å². The number of thiophene rings is 1. The minimum atomic E-state index is -3.44. The van der Waals surface area contributed by atoms with Gasteiger partial charge in [0.15, 0.2) is 0 Å². The van der Waals surface area contributed by atoms with Crippen LogP contribution in [0.25, 0.3) is 0 Å². The second-order valence-corrected chi connectivity index (χ2v) is 7.32. The molecule has 1 heterocycles. The molecular formula is C12H12BrNO2S2. The molecule has 0 atom stereocenters. The smallest absolute Gasteiger partial charge is 0.271 e. The highest BCUT2D eigenvalue weighted by Crippen LogP contribution is 2.20. The molecule has 18 heavy (non-hydrogen) atoms. The summed E-state index contributed by atoms with van der Waals surface area (Å²) in [5.41, 5.74) is 1.76. The van der Waals surface area contributed by atoms with E-state index < -0.39 is 10.0 Å². The van der Waals surface area contributed by atoms with Crippen molar-refractivity contribution >= 4 is 43.0 Å². The average molecular weight is 346 g/mol. The highest BCUT2D eigenvalue weighted by molar-refractivity contribution is 9.09. The number of hydrogen-bond donors (Lipinski definition) is 1. The first kappa shape index (κ1) is 13.6. The quantitative estimate of drug-likeness (QED) is 0.843. The number of rotatable bonds is 5. The fourth-order valence-electron chi connectivity index (χ4n) is 1.47. The summed E-state index contributed by atoms with van der Waals surface area (Å²) >= 11 is 4.57. The van der Waals surface area contributed by atoms with Crippen LogP contribution in [0.3, 0.4) is 0 Å². The third-order valence-electron chi connectivity index (χ3n) is 2.35. The predicted molar refractivity (Wildman–Crippen MR) is 79.1 cm³/mol. The zero-order chi connectivity index (χ0) is 13.0. The van der Waals surface area contributed by atoms with Crippen molar-refractivity contribution in [2.24, 2.45) is 0 Å². The van der Waals surface area contributed by atoms with E-state index in [4.69, 9.17) is 0 Å². The van der Waals surface area contributed by atoms with Gasteiger partial charge < -0.3 is 0 Å². The first-order chi connectivity index (χ1) is 8.62. The molecule has 0 fully saturated rings. The first-order valence-corrected chi connectivity index (χ1v) is 8.81. The van der Waals surface area contributed by atoms with Crippen LogP contribution in [-0.4, -0.2) is 13.7 Å². The van der Waals surface area contributed by atoms with E-state index >= 15 is 0 Å². The Balaban J connectivity index is 2.14. The monoisotopic (exact) mass is 345 g/mol. The summed E-state index contributed by atoms with van der Waals surface area (Å²) in [5, 5.41) is 2.64. The Labute approximate surface area is 119 Å². The molecule has 0 aliphatic carbocycles. The van der Waals surface area contributed by atoms with Crippen molar-refractivity contribution in [1.29, 1.82) is 0 Å². The number of anilines is 1. The number of alkyl halides is 1. The van der Waals surface area contributed by atoms with Crippen LogP contribution >= 0.6 is 27.3 Å². The Morgan fingerprint density at radius 3 is 2.44 bits per heavy atom. The number of benzene rings is 1. The first-order valence-electron chi connectivity index (χ1n) is 5.33. The molecule has 0 bridgehead atoms. The highest BCUT2D eigenvalue weighted by Gasteiger charge is 2.14. The lowest BCUT2D eigenvalue weighted by atomic mass is 10.2. The molecule has 0 amide bonds. The number of halogens is 1. The third-order valence-corrected chi connectivity index (χ3v) is 5.52. The minimum absolute atomic E-state index is 0.326. The van der Waals surface area contributed by atoms with Crippen LogP contribution < -0.4 is 4.72 Å². The van der Waals surface area contributed by atoms with E-state index in [1.165, 1.54) is 16.9 Å². The Hall–Kier alpha value is -0.850. The van der Waals surface area contributed by atoms with Crippen molar-refractivity contribution in [3.05, 3.63) is 47.3 Å². The van der Waals surface area contributed by atoms with Crippen LogP contribution in [0.15, 0.2) is 46.0 Å². The lowest BCUT2D eigenvalue weighted by Gasteiger charge is -2.06. The number of aryl methyl sites for hydroxylation is 1. The topological polar surface area (TPSA) is 46.2 Å². The van der Waals surface area contributed by atoms with Gasteiger partial charge in [-0.25, -0.2) is 8.42 Å². The van der Waals surface area contributed by atoms with Gasteiger partial charge in [0.25, 0.3) is 10.0 Å². The molecule has 0 aliphatic rings. The molecule has 0 spiro atoms. The summed E-state index contributed by atoms with van der Waals surface area (Å²) in [5.74, 6) is 0. The van der Waals surface area contributed by atoms with Crippen LogP contribution in [-0.2, 0) is 16.4 Å². The summed E-state index contributed by atoms with van der Waals surface area (Å²) in [4.78, 5) is 0. The zero-order valence-electron chi connectivity index (χ0n) is 9.47. The van der Waals surface area contributed by atoms with Crippen LogP contribution in [0.2, 0.25) is 0 Å². The maximum absolute atomic E-state index is 12.0. The Morgan fingerprint density at radius 1 is 1.17 bits per heavy atom. The van der Waals surface area contributed by atoms with E-state index in [2.05, 4.69) is 20.7 Å². The van der Waals surface area contributed by atoms with E-state index in [0.717, 1.165) is 11.8 Å². The Morgan fingerprint density at radius 2 is 1.89 bits per heavy atom. The minimum Gasteiger partial charge on any atom is -0.279 e. The maximum atomic E-state index is 12.0. The SMILES string of the molecule is O=S(=O)(Nc1ccc(CCBr)cc1)c1cccs1. The van der Waals surface area contributed by atoms with Crippen LogP contribution in [0, 0.1) is 0 Å². The molecule has 0 radical (unpaired) electrons. The standard InChI is InChI=1S/C12H12BrNO2S2/c13-8-7-10-3-5-11(6-4-10)14-18(15,16)12-2-1-9-17-12/h1-6,9,14H,7-8H2. The normalized spacial score (nSPS) is 11.4. The number of hydrogen-bond acceptors (Lipinski definition) is 3. The number of sulfonamides is 1. The van der Waals surface area contributed by atoms with Crippen molar-refractivity contribution in [2.45, 2.75) is 10.6 Å². The van der Waals surface area contributed by atoms with Gasteiger partial charge in [-0.05, 0) is 35.6 Å². The molecule has 1 N–H and O–H groups in total. The summed E-state index contributed by atoms with van der Waals surface area (Å²) in [7, 11) is -3.44. The Bertz CT molecular complexity index is 592. The van der Waals surface area contributed by atoms with Gasteiger partial charge in [0.05, 0.1) is 0 Å².